The normalized spacial score (nSPS) is 13.4. The van der Waals surface area contributed by atoms with Crippen LogP contribution in [0, 0.1) is 5.41 Å². The molecule has 0 aliphatic carbocycles. The highest BCUT2D eigenvalue weighted by atomic mass is 31.2. The van der Waals surface area contributed by atoms with Crippen molar-refractivity contribution >= 4 is 7.82 Å². The van der Waals surface area contributed by atoms with Gasteiger partial charge >= 0.3 is 7.82 Å². The Morgan fingerprint density at radius 2 is 1.53 bits per heavy atom. The smallest absolute Gasteiger partial charge is 0.404 e. The number of rotatable bonds is 4. The Morgan fingerprint density at radius 3 is 1.89 bits per heavy atom. The van der Waals surface area contributed by atoms with Gasteiger partial charge in [0.15, 0.2) is 0 Å². The van der Waals surface area contributed by atoms with Crippen molar-refractivity contribution in [3.8, 4) is 5.75 Å². The maximum absolute atomic E-state index is 10.7. The van der Waals surface area contributed by atoms with E-state index in [-0.39, 0.29) is 16.6 Å². The molecule has 1 aromatic rings. The van der Waals surface area contributed by atoms with Gasteiger partial charge in [0.25, 0.3) is 0 Å². The number of phosphoric ester groups is 1. The van der Waals surface area contributed by atoms with E-state index in [2.05, 4.69) is 39.1 Å². The largest absolute Gasteiger partial charge is 0.524 e. The average molecular weight is 286 g/mol. The maximum atomic E-state index is 10.7. The lowest BCUT2D eigenvalue weighted by Gasteiger charge is -2.33. The van der Waals surface area contributed by atoms with Crippen molar-refractivity contribution in [1.29, 1.82) is 0 Å². The zero-order chi connectivity index (χ0) is 14.9. The van der Waals surface area contributed by atoms with Crippen LogP contribution in [0.2, 0.25) is 0 Å². The van der Waals surface area contributed by atoms with Crippen molar-refractivity contribution in [1.82, 2.24) is 0 Å². The van der Waals surface area contributed by atoms with Crippen LogP contribution in [0.4, 0.5) is 0 Å². The summed E-state index contributed by atoms with van der Waals surface area (Å²) in [5, 5.41) is 0. The zero-order valence-electron chi connectivity index (χ0n) is 12.2. The third-order valence-corrected chi connectivity index (χ3v) is 3.28. The Labute approximate surface area is 115 Å². The second kappa shape index (κ2) is 5.28. The van der Waals surface area contributed by atoms with Gasteiger partial charge in [-0.15, -0.1) is 0 Å². The fraction of sp³-hybridized carbons (Fsp3) is 0.571. The Hall–Kier alpha value is -0.830. The van der Waals surface area contributed by atoms with Gasteiger partial charge in [0.05, 0.1) is 0 Å². The molecule has 108 valence electrons. The Kier molecular flexibility index (Phi) is 4.51. The zero-order valence-corrected chi connectivity index (χ0v) is 13.1. The van der Waals surface area contributed by atoms with E-state index in [1.165, 1.54) is 0 Å². The molecule has 0 radical (unpaired) electrons. The number of hydrogen-bond acceptors (Lipinski definition) is 2. The maximum Gasteiger partial charge on any atom is 0.524 e. The fourth-order valence-electron chi connectivity index (χ4n) is 2.53. The molecule has 1 rings (SSSR count). The predicted octanol–water partition coefficient (Wildman–Crippen LogP) is 3.87. The summed E-state index contributed by atoms with van der Waals surface area (Å²) in [6, 6.07) is 6.91. The Balaban J connectivity index is 2.89. The minimum Gasteiger partial charge on any atom is -0.404 e. The molecule has 0 atom stereocenters. The molecule has 0 aliphatic heterocycles. The molecule has 0 unspecified atom stereocenters. The number of benzene rings is 1. The minimum absolute atomic E-state index is 0.00109. The lowest BCUT2D eigenvalue weighted by atomic mass is 9.72. The monoisotopic (exact) mass is 286 g/mol. The standard InChI is InChI=1S/C14H23O4P/c1-13(2,3)10-14(4,5)11-6-8-12(9-7-11)18-19(15,16)17/h6-9H,10H2,1-5H3,(H2,15,16,17). The first kappa shape index (κ1) is 16.2. The first-order chi connectivity index (χ1) is 8.39. The second-order valence-corrected chi connectivity index (χ2v) is 7.89. The second-order valence-electron chi connectivity index (χ2n) is 6.73. The van der Waals surface area contributed by atoms with Crippen LogP contribution in [0.3, 0.4) is 0 Å². The van der Waals surface area contributed by atoms with Crippen molar-refractivity contribution in [3.05, 3.63) is 29.8 Å². The van der Waals surface area contributed by atoms with Crippen molar-refractivity contribution in [2.75, 3.05) is 0 Å². The molecule has 2 N–H and O–H groups in total. The molecule has 0 amide bonds. The molecule has 0 bridgehead atoms. The van der Waals surface area contributed by atoms with Gasteiger partial charge in [-0.25, -0.2) is 4.57 Å². The predicted molar refractivity (Wildman–Crippen MR) is 76.2 cm³/mol. The summed E-state index contributed by atoms with van der Waals surface area (Å²) >= 11 is 0. The van der Waals surface area contributed by atoms with Crippen LogP contribution in [0.1, 0.15) is 46.6 Å². The summed E-state index contributed by atoms with van der Waals surface area (Å²) in [6.45, 7) is 10.9. The first-order valence-corrected chi connectivity index (χ1v) is 7.78. The molecule has 0 heterocycles. The van der Waals surface area contributed by atoms with E-state index < -0.39 is 7.82 Å². The van der Waals surface area contributed by atoms with E-state index >= 15 is 0 Å². The lowest BCUT2D eigenvalue weighted by molar-refractivity contribution is 0.282. The summed E-state index contributed by atoms with van der Waals surface area (Å²) in [4.78, 5) is 17.5. The van der Waals surface area contributed by atoms with E-state index in [1.807, 2.05) is 12.1 Å². The van der Waals surface area contributed by atoms with Crippen LogP contribution in [0.15, 0.2) is 24.3 Å². The van der Waals surface area contributed by atoms with Crippen molar-refractivity contribution in [3.63, 3.8) is 0 Å². The first-order valence-electron chi connectivity index (χ1n) is 6.25. The van der Waals surface area contributed by atoms with E-state index in [0.717, 1.165) is 12.0 Å². The molecule has 0 saturated carbocycles. The van der Waals surface area contributed by atoms with Gasteiger partial charge in [0.1, 0.15) is 5.75 Å². The van der Waals surface area contributed by atoms with E-state index in [0.29, 0.717) is 0 Å². The number of phosphoric acid groups is 1. The third kappa shape index (κ3) is 5.77. The van der Waals surface area contributed by atoms with Gasteiger partial charge in [0, 0.05) is 0 Å². The van der Waals surface area contributed by atoms with Crippen molar-refractivity contribution < 1.29 is 18.9 Å². The van der Waals surface area contributed by atoms with Crippen LogP contribution in [-0.4, -0.2) is 9.79 Å². The topological polar surface area (TPSA) is 66.8 Å². The van der Waals surface area contributed by atoms with Crippen LogP contribution in [0.5, 0.6) is 5.75 Å². The van der Waals surface area contributed by atoms with Crippen LogP contribution in [0.25, 0.3) is 0 Å². The Bertz CT molecular complexity index is 465. The van der Waals surface area contributed by atoms with Gasteiger partial charge in [-0.2, -0.15) is 0 Å². The molecule has 0 saturated heterocycles. The molecule has 0 fully saturated rings. The minimum atomic E-state index is -4.48. The highest BCUT2D eigenvalue weighted by Gasteiger charge is 2.27. The van der Waals surface area contributed by atoms with E-state index in [9.17, 15) is 4.57 Å². The molecule has 4 nitrogen and oxygen atoms in total. The molecule has 0 aromatic heterocycles. The fourth-order valence-corrected chi connectivity index (χ4v) is 2.93. The van der Waals surface area contributed by atoms with Crippen LogP contribution < -0.4 is 4.52 Å². The van der Waals surface area contributed by atoms with Gasteiger partial charge < -0.3 is 4.52 Å². The molecule has 1 aromatic carbocycles. The summed E-state index contributed by atoms with van der Waals surface area (Å²) in [7, 11) is -4.48. The molecular weight excluding hydrogens is 263 g/mol. The van der Waals surface area contributed by atoms with Crippen LogP contribution in [-0.2, 0) is 9.98 Å². The quantitative estimate of drug-likeness (QED) is 0.824. The molecule has 0 aliphatic rings. The van der Waals surface area contributed by atoms with Gasteiger partial charge in [-0.3, -0.25) is 9.79 Å². The molecule has 5 heteroatoms. The third-order valence-electron chi connectivity index (χ3n) is 2.83. The summed E-state index contributed by atoms with van der Waals surface area (Å²) in [6.07, 6.45) is 1.01. The van der Waals surface area contributed by atoms with E-state index in [4.69, 9.17) is 9.79 Å². The Morgan fingerprint density at radius 1 is 1.05 bits per heavy atom. The summed E-state index contributed by atoms with van der Waals surface area (Å²) in [5.41, 5.74) is 1.34. The summed E-state index contributed by atoms with van der Waals surface area (Å²) in [5.74, 6) is 0.184. The van der Waals surface area contributed by atoms with Crippen LogP contribution >= 0.6 is 7.82 Å². The van der Waals surface area contributed by atoms with Gasteiger partial charge in [-0.05, 0) is 34.9 Å². The highest BCUT2D eigenvalue weighted by molar-refractivity contribution is 7.46. The van der Waals surface area contributed by atoms with Crippen molar-refractivity contribution in [2.45, 2.75) is 46.5 Å². The number of hydrogen-bond donors (Lipinski definition) is 2. The highest BCUT2D eigenvalue weighted by Crippen LogP contribution is 2.40. The molecular formula is C14H23O4P. The SMILES string of the molecule is CC(C)(C)CC(C)(C)c1ccc(OP(=O)(O)O)cc1. The van der Waals surface area contributed by atoms with Gasteiger partial charge in [-0.1, -0.05) is 46.8 Å². The van der Waals surface area contributed by atoms with E-state index in [1.54, 1.807) is 12.1 Å². The van der Waals surface area contributed by atoms with Crippen molar-refractivity contribution in [2.24, 2.45) is 5.41 Å². The molecule has 19 heavy (non-hydrogen) atoms. The average Bonchev–Trinajstić information content (AvgIpc) is 2.11. The lowest BCUT2D eigenvalue weighted by Crippen LogP contribution is -2.24. The summed E-state index contributed by atoms with van der Waals surface area (Å²) < 4.78 is 15.3. The van der Waals surface area contributed by atoms with Gasteiger partial charge in [0.2, 0.25) is 0 Å². The molecule has 0 spiro atoms.